The molecule has 5 atom stereocenters. The van der Waals surface area contributed by atoms with Crippen molar-refractivity contribution in [2.75, 3.05) is 13.2 Å². The quantitative estimate of drug-likeness (QED) is 0.326. The van der Waals surface area contributed by atoms with Crippen molar-refractivity contribution in [3.63, 3.8) is 0 Å². The molecule has 0 heterocycles. The summed E-state index contributed by atoms with van der Waals surface area (Å²) in [5.41, 5.74) is 4.98. The largest absolute Gasteiger partial charge is 0.393 e. The van der Waals surface area contributed by atoms with Crippen molar-refractivity contribution < 1.29 is 14.9 Å². The van der Waals surface area contributed by atoms with E-state index in [0.29, 0.717) is 37.9 Å². The van der Waals surface area contributed by atoms with Crippen LogP contribution in [0.2, 0.25) is 0 Å². The Morgan fingerprint density at radius 1 is 1.31 bits per heavy atom. The summed E-state index contributed by atoms with van der Waals surface area (Å²) in [5, 5.41) is 20.2. The van der Waals surface area contributed by atoms with E-state index in [2.05, 4.69) is 71.3 Å². The molecule has 0 aliphatic heterocycles. The third kappa shape index (κ3) is 5.84. The molecule has 176 valence electrons. The van der Waals surface area contributed by atoms with Gasteiger partial charge in [0.15, 0.2) is 0 Å². The Kier molecular flexibility index (Phi) is 7.92. The Hall–Kier alpha value is -1.60. The lowest BCUT2D eigenvalue weighted by molar-refractivity contribution is 0.0862. The van der Waals surface area contributed by atoms with Crippen LogP contribution in [0.4, 0.5) is 0 Å². The van der Waals surface area contributed by atoms with Crippen LogP contribution in [0.15, 0.2) is 47.1 Å². The topological polar surface area (TPSA) is 49.7 Å². The Morgan fingerprint density at radius 2 is 2.06 bits per heavy atom. The summed E-state index contributed by atoms with van der Waals surface area (Å²) in [4.78, 5) is 0. The van der Waals surface area contributed by atoms with Crippen LogP contribution in [0.3, 0.4) is 0 Å². The lowest BCUT2D eigenvalue weighted by Crippen LogP contribution is -2.33. The van der Waals surface area contributed by atoms with E-state index >= 15 is 0 Å². The number of hydrogen-bond acceptors (Lipinski definition) is 3. The standard InChI is InChI=1S/C29H42O3/c1-20(19-32-16-8-14-28(3,4)5)25-12-13-26-22(9-7-15-29(25,26)6)10-11-23-17-24(30)18-27(31)21(23)2/h10-12,20,24,26-27,30-31H,2,7,9,13,15-19H2,1,3-6H3/b22-10+,23-11-/t20-,24-,26+,27+,29-/m1/s1. The van der Waals surface area contributed by atoms with Gasteiger partial charge in [-0.15, -0.1) is 0 Å². The molecule has 0 unspecified atom stereocenters. The van der Waals surface area contributed by atoms with E-state index in [1.54, 1.807) is 0 Å². The minimum Gasteiger partial charge on any atom is -0.393 e. The van der Waals surface area contributed by atoms with Gasteiger partial charge in [-0.2, -0.15) is 0 Å². The molecule has 3 aliphatic rings. The van der Waals surface area contributed by atoms with E-state index < -0.39 is 12.2 Å². The fourth-order valence-electron chi connectivity index (χ4n) is 5.76. The van der Waals surface area contributed by atoms with Crippen molar-refractivity contribution >= 4 is 0 Å². The average molecular weight is 439 g/mol. The summed E-state index contributed by atoms with van der Waals surface area (Å²) in [6.07, 6.45) is 11.3. The molecule has 2 saturated carbocycles. The number of hydrogen-bond donors (Lipinski definition) is 2. The zero-order valence-electron chi connectivity index (χ0n) is 20.7. The highest BCUT2D eigenvalue weighted by Gasteiger charge is 2.46. The molecule has 0 aromatic heterocycles. The van der Waals surface area contributed by atoms with Crippen LogP contribution in [-0.2, 0) is 4.74 Å². The van der Waals surface area contributed by atoms with Gasteiger partial charge in [0.25, 0.3) is 0 Å². The van der Waals surface area contributed by atoms with Crippen molar-refractivity contribution in [2.24, 2.45) is 22.7 Å². The first kappa shape index (κ1) is 25.0. The molecular formula is C29H42O3. The number of rotatable bonds is 5. The SMILES string of the molecule is C=C1/C(=C\C=C2/CCC[C@]3(C)C([C@H](C)COCC#CC(C)(C)C)=CC[C@@H]23)C[C@@H](O)C[C@@H]1O. The molecule has 0 spiro atoms. The van der Waals surface area contributed by atoms with Gasteiger partial charge in [0.1, 0.15) is 6.61 Å². The van der Waals surface area contributed by atoms with Crippen molar-refractivity contribution in [3.8, 4) is 11.8 Å². The summed E-state index contributed by atoms with van der Waals surface area (Å²) in [6.45, 7) is 16.3. The molecule has 0 bridgehead atoms. The lowest BCUT2D eigenvalue weighted by atomic mass is 9.62. The van der Waals surface area contributed by atoms with E-state index in [4.69, 9.17) is 4.74 Å². The van der Waals surface area contributed by atoms with Gasteiger partial charge in [-0.25, -0.2) is 0 Å². The van der Waals surface area contributed by atoms with Crippen LogP contribution in [0, 0.1) is 34.5 Å². The second-order valence-electron chi connectivity index (χ2n) is 11.3. The van der Waals surface area contributed by atoms with Crippen LogP contribution in [0.5, 0.6) is 0 Å². The monoisotopic (exact) mass is 438 g/mol. The van der Waals surface area contributed by atoms with E-state index in [-0.39, 0.29) is 10.8 Å². The molecule has 2 fully saturated rings. The number of ether oxygens (including phenoxy) is 1. The van der Waals surface area contributed by atoms with Crippen molar-refractivity contribution in [1.82, 2.24) is 0 Å². The van der Waals surface area contributed by atoms with Gasteiger partial charge in [0.05, 0.1) is 18.8 Å². The third-order valence-corrected chi connectivity index (χ3v) is 7.41. The number of aliphatic hydroxyl groups excluding tert-OH is 2. The minimum absolute atomic E-state index is 0.0178. The predicted octanol–water partition coefficient (Wildman–Crippen LogP) is 5.75. The molecule has 0 aromatic carbocycles. The van der Waals surface area contributed by atoms with Crippen molar-refractivity contribution in [1.29, 1.82) is 0 Å². The highest BCUT2D eigenvalue weighted by molar-refractivity contribution is 5.40. The first-order chi connectivity index (χ1) is 15.0. The van der Waals surface area contributed by atoms with Crippen molar-refractivity contribution in [2.45, 2.75) is 85.4 Å². The molecule has 3 heteroatoms. The molecule has 2 N–H and O–H groups in total. The van der Waals surface area contributed by atoms with E-state index in [0.717, 1.165) is 24.0 Å². The summed E-state index contributed by atoms with van der Waals surface area (Å²) in [5.74, 6) is 7.30. The molecule has 0 saturated heterocycles. The second-order valence-corrected chi connectivity index (χ2v) is 11.3. The molecule has 3 aliphatic carbocycles. The Balaban J connectivity index is 1.66. The Labute approximate surface area is 195 Å². The molecule has 32 heavy (non-hydrogen) atoms. The third-order valence-electron chi connectivity index (χ3n) is 7.41. The molecule has 0 radical (unpaired) electrons. The Bertz CT molecular complexity index is 857. The summed E-state index contributed by atoms with van der Waals surface area (Å²) in [6, 6.07) is 0. The smallest absolute Gasteiger partial charge is 0.107 e. The van der Waals surface area contributed by atoms with E-state index in [1.807, 2.05) is 0 Å². The fourth-order valence-corrected chi connectivity index (χ4v) is 5.76. The molecule has 3 nitrogen and oxygen atoms in total. The molecular weight excluding hydrogens is 396 g/mol. The number of fused-ring (bicyclic) bond motifs is 1. The predicted molar refractivity (Wildman–Crippen MR) is 132 cm³/mol. The van der Waals surface area contributed by atoms with Gasteiger partial charge in [0, 0.05) is 17.8 Å². The maximum absolute atomic E-state index is 10.1. The highest BCUT2D eigenvalue weighted by Crippen LogP contribution is 2.56. The zero-order valence-corrected chi connectivity index (χ0v) is 20.7. The number of allylic oxidation sites excluding steroid dienone is 4. The normalized spacial score (nSPS) is 34.2. The van der Waals surface area contributed by atoms with Crippen LogP contribution in [-0.4, -0.2) is 35.6 Å². The minimum atomic E-state index is -0.631. The van der Waals surface area contributed by atoms with Crippen LogP contribution in [0.1, 0.15) is 73.1 Å². The van der Waals surface area contributed by atoms with Crippen LogP contribution < -0.4 is 0 Å². The van der Waals surface area contributed by atoms with Gasteiger partial charge in [-0.3, -0.25) is 0 Å². The maximum Gasteiger partial charge on any atom is 0.107 e. The fraction of sp³-hybridized carbons (Fsp3) is 0.655. The van der Waals surface area contributed by atoms with Gasteiger partial charge in [-0.1, -0.05) is 61.6 Å². The second kappa shape index (κ2) is 10.1. The molecule has 0 aromatic rings. The molecule has 0 amide bonds. The van der Waals surface area contributed by atoms with Gasteiger partial charge in [-0.05, 0) is 75.4 Å². The van der Waals surface area contributed by atoms with Gasteiger partial charge < -0.3 is 14.9 Å². The first-order valence-electron chi connectivity index (χ1n) is 12.2. The van der Waals surface area contributed by atoms with Gasteiger partial charge in [0.2, 0.25) is 0 Å². The highest BCUT2D eigenvalue weighted by atomic mass is 16.5. The summed E-state index contributed by atoms with van der Waals surface area (Å²) < 4.78 is 5.92. The summed E-state index contributed by atoms with van der Waals surface area (Å²) in [7, 11) is 0. The maximum atomic E-state index is 10.1. The first-order valence-corrected chi connectivity index (χ1v) is 12.2. The van der Waals surface area contributed by atoms with Crippen LogP contribution >= 0.6 is 0 Å². The van der Waals surface area contributed by atoms with Gasteiger partial charge >= 0.3 is 0 Å². The summed E-state index contributed by atoms with van der Waals surface area (Å²) >= 11 is 0. The average Bonchev–Trinajstić information content (AvgIpc) is 3.06. The van der Waals surface area contributed by atoms with Crippen LogP contribution in [0.25, 0.3) is 0 Å². The number of aliphatic hydroxyl groups is 2. The zero-order chi connectivity index (χ0) is 23.5. The Morgan fingerprint density at radius 3 is 2.78 bits per heavy atom. The van der Waals surface area contributed by atoms with E-state index in [9.17, 15) is 10.2 Å². The molecule has 3 rings (SSSR count). The van der Waals surface area contributed by atoms with Crippen molar-refractivity contribution in [3.05, 3.63) is 47.1 Å². The lowest BCUT2D eigenvalue weighted by Gasteiger charge is -2.42. The van der Waals surface area contributed by atoms with E-state index in [1.165, 1.54) is 24.0 Å².